The van der Waals surface area contributed by atoms with E-state index in [1.165, 1.54) is 39.7 Å². The predicted octanol–water partition coefficient (Wildman–Crippen LogP) is 4.30. The fourth-order valence-electron chi connectivity index (χ4n) is 3.27. The standard InChI is InChI=1S/C20H13F5N5O2P/c21-19(22,23)15-8-10(4-6-26-15)29-18(32)13-9-28-30(16(13)20(24,25)33)14-3-1-2-12-11(14)5-7-27-17(12)31/h1-9H,33H2,(H,27,31)(H,26,29,32). The van der Waals surface area contributed by atoms with Gasteiger partial charge in [-0.1, -0.05) is 15.3 Å². The highest BCUT2D eigenvalue weighted by atomic mass is 31.0. The predicted molar refractivity (Wildman–Crippen MR) is 112 cm³/mol. The smallest absolute Gasteiger partial charge is 0.329 e. The van der Waals surface area contributed by atoms with Gasteiger partial charge >= 0.3 is 11.8 Å². The molecule has 0 bridgehead atoms. The van der Waals surface area contributed by atoms with Gasteiger partial charge in [-0.05, 0) is 30.3 Å². The molecule has 4 rings (SSSR count). The Morgan fingerprint density at radius 3 is 2.55 bits per heavy atom. The average Bonchev–Trinajstić information content (AvgIpc) is 3.19. The van der Waals surface area contributed by atoms with Crippen molar-refractivity contribution in [2.75, 3.05) is 5.32 Å². The second kappa shape index (κ2) is 8.04. The third kappa shape index (κ3) is 4.34. The van der Waals surface area contributed by atoms with Crippen molar-refractivity contribution >= 4 is 31.6 Å². The lowest BCUT2D eigenvalue weighted by Gasteiger charge is -2.17. The number of nitrogens with zero attached hydrogens (tertiary/aromatic N) is 3. The number of halogens is 5. The quantitative estimate of drug-likeness (QED) is 0.336. The van der Waals surface area contributed by atoms with Crippen molar-refractivity contribution in [2.24, 2.45) is 0 Å². The lowest BCUT2D eigenvalue weighted by Crippen LogP contribution is -2.20. The first-order valence-corrected chi connectivity index (χ1v) is 9.75. The number of carbonyl (C=O) groups excluding carboxylic acids is 1. The van der Waals surface area contributed by atoms with Gasteiger partial charge in [-0.15, -0.1) is 0 Å². The number of alkyl halides is 5. The molecule has 1 aromatic carbocycles. The van der Waals surface area contributed by atoms with Crippen LogP contribution >= 0.6 is 9.24 Å². The van der Waals surface area contributed by atoms with E-state index in [0.29, 0.717) is 11.5 Å². The summed E-state index contributed by atoms with van der Waals surface area (Å²) in [5, 5.41) is 6.59. The molecule has 1 amide bonds. The van der Waals surface area contributed by atoms with E-state index in [1.54, 1.807) is 0 Å². The maximum Gasteiger partial charge on any atom is 0.433 e. The Labute approximate surface area is 183 Å². The lowest BCUT2D eigenvalue weighted by molar-refractivity contribution is -0.141. The van der Waals surface area contributed by atoms with E-state index in [2.05, 4.69) is 20.4 Å². The van der Waals surface area contributed by atoms with Gasteiger partial charge in [0.05, 0.1) is 17.4 Å². The van der Waals surface area contributed by atoms with Crippen LogP contribution in [0.4, 0.5) is 27.6 Å². The van der Waals surface area contributed by atoms with Crippen LogP contribution in [0.3, 0.4) is 0 Å². The van der Waals surface area contributed by atoms with Crippen LogP contribution < -0.4 is 10.9 Å². The summed E-state index contributed by atoms with van der Waals surface area (Å²) in [7, 11) is 1.30. The van der Waals surface area contributed by atoms with E-state index < -0.39 is 40.3 Å². The van der Waals surface area contributed by atoms with Gasteiger partial charge in [0, 0.05) is 28.9 Å². The molecule has 170 valence electrons. The molecule has 3 heterocycles. The zero-order chi connectivity index (χ0) is 24.0. The molecule has 0 saturated heterocycles. The molecule has 2 N–H and O–H groups in total. The number of amides is 1. The molecule has 0 spiro atoms. The summed E-state index contributed by atoms with van der Waals surface area (Å²) in [5.41, 5.74) is -6.93. The van der Waals surface area contributed by atoms with E-state index in [1.807, 2.05) is 0 Å². The third-order valence-electron chi connectivity index (χ3n) is 4.66. The van der Waals surface area contributed by atoms with Gasteiger partial charge in [0.1, 0.15) is 11.4 Å². The highest BCUT2D eigenvalue weighted by Gasteiger charge is 2.37. The summed E-state index contributed by atoms with van der Waals surface area (Å²) < 4.78 is 68.6. The van der Waals surface area contributed by atoms with Gasteiger partial charge in [0.2, 0.25) is 0 Å². The lowest BCUT2D eigenvalue weighted by atomic mass is 10.1. The van der Waals surface area contributed by atoms with Crippen molar-refractivity contribution in [3.63, 3.8) is 0 Å². The first kappa shape index (κ1) is 22.5. The Bertz CT molecular complexity index is 1420. The van der Waals surface area contributed by atoms with Crippen molar-refractivity contribution in [2.45, 2.75) is 11.8 Å². The fraction of sp³-hybridized carbons (Fsp3) is 0.100. The number of aromatic nitrogens is 4. The molecule has 0 aliphatic carbocycles. The number of nitrogens with one attached hydrogen (secondary N) is 2. The van der Waals surface area contributed by atoms with Crippen LogP contribution in [0.2, 0.25) is 0 Å². The zero-order valence-corrected chi connectivity index (χ0v) is 17.5. The van der Waals surface area contributed by atoms with Gasteiger partial charge in [0.25, 0.3) is 11.5 Å². The average molecular weight is 481 g/mol. The van der Waals surface area contributed by atoms with E-state index >= 15 is 0 Å². The number of hydrogen-bond acceptors (Lipinski definition) is 4. The highest BCUT2D eigenvalue weighted by Crippen LogP contribution is 2.39. The molecule has 33 heavy (non-hydrogen) atoms. The molecule has 1 atom stereocenters. The number of hydrogen-bond donors (Lipinski definition) is 2. The number of fused-ring (bicyclic) bond motifs is 1. The largest absolute Gasteiger partial charge is 0.433 e. The maximum absolute atomic E-state index is 14.6. The molecular weight excluding hydrogens is 468 g/mol. The Balaban J connectivity index is 1.81. The third-order valence-corrected chi connectivity index (χ3v) is 4.93. The van der Waals surface area contributed by atoms with Gasteiger partial charge < -0.3 is 10.3 Å². The molecular formula is C20H13F5N5O2P. The number of pyridine rings is 2. The molecule has 0 radical (unpaired) electrons. The molecule has 1 unspecified atom stereocenters. The van der Waals surface area contributed by atoms with Crippen molar-refractivity contribution in [1.82, 2.24) is 19.7 Å². The maximum atomic E-state index is 14.6. The number of rotatable bonds is 4. The van der Waals surface area contributed by atoms with Crippen LogP contribution in [0.1, 0.15) is 21.7 Å². The summed E-state index contributed by atoms with van der Waals surface area (Å²) in [5.74, 6) is -1.10. The topological polar surface area (TPSA) is 92.7 Å². The Kier molecular flexibility index (Phi) is 5.49. The van der Waals surface area contributed by atoms with E-state index in [-0.39, 0.29) is 16.8 Å². The van der Waals surface area contributed by atoms with Crippen molar-refractivity contribution in [1.29, 1.82) is 0 Å². The Morgan fingerprint density at radius 1 is 1.09 bits per heavy atom. The second-order valence-electron chi connectivity index (χ2n) is 6.87. The Morgan fingerprint density at radius 2 is 1.85 bits per heavy atom. The van der Waals surface area contributed by atoms with E-state index in [0.717, 1.165) is 23.1 Å². The summed E-state index contributed by atoms with van der Waals surface area (Å²) in [6, 6.07) is 7.57. The summed E-state index contributed by atoms with van der Waals surface area (Å²) in [4.78, 5) is 30.5. The number of anilines is 1. The van der Waals surface area contributed by atoms with Crippen molar-refractivity contribution in [3.8, 4) is 5.69 Å². The SMILES string of the molecule is O=C(Nc1ccnc(C(F)(F)F)c1)c1cnn(-c2cccc3c(=O)[nH]ccc23)c1C(F)(F)P. The molecule has 3 aromatic heterocycles. The fourth-order valence-corrected chi connectivity index (χ4v) is 3.55. The van der Waals surface area contributed by atoms with Crippen LogP contribution in [0, 0.1) is 0 Å². The molecule has 0 saturated carbocycles. The first-order chi connectivity index (χ1) is 15.5. The number of carbonyl (C=O) groups is 1. The van der Waals surface area contributed by atoms with Crippen molar-refractivity contribution < 1.29 is 26.7 Å². The monoisotopic (exact) mass is 481 g/mol. The van der Waals surface area contributed by atoms with Gasteiger partial charge in [-0.2, -0.15) is 27.1 Å². The number of benzene rings is 1. The highest BCUT2D eigenvalue weighted by molar-refractivity contribution is 7.17. The molecule has 4 aromatic rings. The minimum Gasteiger partial charge on any atom is -0.329 e. The second-order valence-corrected chi connectivity index (χ2v) is 7.59. The first-order valence-electron chi connectivity index (χ1n) is 9.17. The summed E-state index contributed by atoms with van der Waals surface area (Å²) >= 11 is 0. The van der Waals surface area contributed by atoms with E-state index in [4.69, 9.17) is 0 Å². The zero-order valence-electron chi connectivity index (χ0n) is 16.3. The minimum atomic E-state index is -4.75. The summed E-state index contributed by atoms with van der Waals surface area (Å²) in [6.45, 7) is 0. The normalized spacial score (nSPS) is 12.2. The van der Waals surface area contributed by atoms with Gasteiger partial charge in [0.15, 0.2) is 0 Å². The van der Waals surface area contributed by atoms with Crippen LogP contribution in [0.5, 0.6) is 0 Å². The molecule has 0 aliphatic rings. The Hall–Kier alpha value is -3.66. The van der Waals surface area contributed by atoms with Crippen LogP contribution in [0.25, 0.3) is 16.5 Å². The molecule has 0 aliphatic heterocycles. The van der Waals surface area contributed by atoms with Gasteiger partial charge in [-0.25, -0.2) is 4.68 Å². The molecule has 7 nitrogen and oxygen atoms in total. The van der Waals surface area contributed by atoms with Crippen LogP contribution in [-0.2, 0) is 11.8 Å². The van der Waals surface area contributed by atoms with Crippen molar-refractivity contribution in [3.05, 3.63) is 82.3 Å². The number of aromatic amines is 1. The van der Waals surface area contributed by atoms with E-state index in [9.17, 15) is 31.5 Å². The molecule has 13 heteroatoms. The number of H-pyrrole nitrogens is 1. The molecule has 0 fully saturated rings. The van der Waals surface area contributed by atoms with Gasteiger partial charge in [-0.3, -0.25) is 14.6 Å². The van der Waals surface area contributed by atoms with Crippen LogP contribution in [-0.4, -0.2) is 25.7 Å². The van der Waals surface area contributed by atoms with Crippen LogP contribution in [0.15, 0.2) is 59.8 Å². The summed E-state index contributed by atoms with van der Waals surface area (Å²) in [6.07, 6.45) is -1.71. The minimum absolute atomic E-state index is 0.109.